The SMILES string of the molecule is COC(=O)c1ccc(Oc2cc(C(=O)Nc3ncco3)ccc2CN2CCCC2=O)cc1. The molecule has 1 N–H and O–H groups in total. The van der Waals surface area contributed by atoms with Crippen molar-refractivity contribution in [2.45, 2.75) is 19.4 Å². The Morgan fingerprint density at radius 1 is 1.16 bits per heavy atom. The van der Waals surface area contributed by atoms with Crippen LogP contribution in [0.25, 0.3) is 0 Å². The standard InChI is InChI=1S/C23H21N3O6/c1-30-22(29)15-6-8-18(9-7-15)32-19-13-16(21(28)25-23-24-10-12-31-23)4-5-17(19)14-26-11-2-3-20(26)27/h4-10,12-13H,2-3,11,14H2,1H3,(H,24,25,28). The Kier molecular flexibility index (Phi) is 6.16. The summed E-state index contributed by atoms with van der Waals surface area (Å²) in [6.07, 6.45) is 4.14. The number of nitrogens with one attached hydrogen (secondary N) is 1. The van der Waals surface area contributed by atoms with Crippen LogP contribution in [0.3, 0.4) is 0 Å². The number of ether oxygens (including phenoxy) is 2. The van der Waals surface area contributed by atoms with E-state index in [1.54, 1.807) is 47.4 Å². The van der Waals surface area contributed by atoms with Crippen LogP contribution in [0, 0.1) is 0 Å². The minimum Gasteiger partial charge on any atom is -0.465 e. The smallest absolute Gasteiger partial charge is 0.337 e. The number of nitrogens with zero attached hydrogens (tertiary/aromatic N) is 2. The number of carbonyl (C=O) groups is 3. The van der Waals surface area contributed by atoms with E-state index in [4.69, 9.17) is 13.9 Å². The van der Waals surface area contributed by atoms with Gasteiger partial charge >= 0.3 is 12.0 Å². The van der Waals surface area contributed by atoms with E-state index >= 15 is 0 Å². The second-order valence-corrected chi connectivity index (χ2v) is 7.15. The van der Waals surface area contributed by atoms with Crippen LogP contribution >= 0.6 is 0 Å². The second-order valence-electron chi connectivity index (χ2n) is 7.15. The highest BCUT2D eigenvalue weighted by Gasteiger charge is 2.22. The molecule has 0 saturated carbocycles. The summed E-state index contributed by atoms with van der Waals surface area (Å²) in [6, 6.07) is 11.5. The third-order valence-corrected chi connectivity index (χ3v) is 5.02. The summed E-state index contributed by atoms with van der Waals surface area (Å²) in [4.78, 5) is 42.0. The van der Waals surface area contributed by atoms with Crippen molar-refractivity contribution >= 4 is 23.8 Å². The molecule has 164 valence electrons. The molecular weight excluding hydrogens is 414 g/mol. The maximum atomic E-state index is 12.6. The van der Waals surface area contributed by atoms with Gasteiger partial charge in [-0.15, -0.1) is 0 Å². The molecule has 0 unspecified atom stereocenters. The quantitative estimate of drug-likeness (QED) is 0.564. The van der Waals surface area contributed by atoms with E-state index in [1.807, 2.05) is 0 Å². The number of amides is 2. The molecule has 0 atom stereocenters. The molecule has 0 aliphatic carbocycles. The molecule has 2 heterocycles. The van der Waals surface area contributed by atoms with E-state index in [2.05, 4.69) is 10.3 Å². The van der Waals surface area contributed by atoms with Gasteiger partial charge in [-0.3, -0.25) is 14.9 Å². The first-order chi connectivity index (χ1) is 15.5. The van der Waals surface area contributed by atoms with Gasteiger partial charge in [-0.2, -0.15) is 0 Å². The van der Waals surface area contributed by atoms with Gasteiger partial charge in [0.1, 0.15) is 17.8 Å². The maximum Gasteiger partial charge on any atom is 0.337 e. The highest BCUT2D eigenvalue weighted by molar-refractivity contribution is 6.03. The largest absolute Gasteiger partial charge is 0.465 e. The number of aromatic nitrogens is 1. The number of hydrogen-bond donors (Lipinski definition) is 1. The molecule has 0 radical (unpaired) electrons. The molecule has 1 aromatic heterocycles. The summed E-state index contributed by atoms with van der Waals surface area (Å²) in [6.45, 7) is 1.05. The van der Waals surface area contributed by atoms with E-state index in [-0.39, 0.29) is 11.9 Å². The fourth-order valence-electron chi connectivity index (χ4n) is 3.36. The van der Waals surface area contributed by atoms with E-state index < -0.39 is 11.9 Å². The van der Waals surface area contributed by atoms with Crippen LogP contribution in [0.4, 0.5) is 6.01 Å². The summed E-state index contributed by atoms with van der Waals surface area (Å²) in [5, 5.41) is 2.57. The van der Waals surface area contributed by atoms with E-state index in [0.717, 1.165) is 12.0 Å². The van der Waals surface area contributed by atoms with Crippen LogP contribution in [-0.2, 0) is 16.1 Å². The zero-order chi connectivity index (χ0) is 22.5. The normalized spacial score (nSPS) is 13.2. The number of benzene rings is 2. The molecule has 0 spiro atoms. The predicted molar refractivity (Wildman–Crippen MR) is 113 cm³/mol. The van der Waals surface area contributed by atoms with Gasteiger partial charge in [0.25, 0.3) is 5.91 Å². The molecule has 9 heteroatoms. The minimum atomic E-state index is -0.449. The second kappa shape index (κ2) is 9.34. The van der Waals surface area contributed by atoms with Crippen LogP contribution in [0.1, 0.15) is 39.1 Å². The van der Waals surface area contributed by atoms with Crippen LogP contribution in [0.5, 0.6) is 11.5 Å². The van der Waals surface area contributed by atoms with Gasteiger partial charge in [-0.05, 0) is 42.8 Å². The summed E-state index contributed by atoms with van der Waals surface area (Å²) in [7, 11) is 1.31. The van der Waals surface area contributed by atoms with Crippen LogP contribution in [-0.4, -0.2) is 41.3 Å². The van der Waals surface area contributed by atoms with Gasteiger partial charge in [-0.1, -0.05) is 6.07 Å². The van der Waals surface area contributed by atoms with Crippen molar-refractivity contribution in [1.82, 2.24) is 9.88 Å². The van der Waals surface area contributed by atoms with Crippen molar-refractivity contribution in [2.24, 2.45) is 0 Å². The van der Waals surface area contributed by atoms with Crippen molar-refractivity contribution in [3.63, 3.8) is 0 Å². The molecule has 1 fully saturated rings. The Labute approximate surface area is 183 Å². The highest BCUT2D eigenvalue weighted by Crippen LogP contribution is 2.29. The Balaban J connectivity index is 1.60. The number of carbonyl (C=O) groups excluding carboxylic acids is 3. The zero-order valence-electron chi connectivity index (χ0n) is 17.4. The van der Waals surface area contributed by atoms with Crippen LogP contribution in [0.15, 0.2) is 59.3 Å². The molecule has 3 aromatic rings. The highest BCUT2D eigenvalue weighted by atomic mass is 16.5. The molecule has 4 rings (SSSR count). The van der Waals surface area contributed by atoms with Crippen LogP contribution < -0.4 is 10.1 Å². The van der Waals surface area contributed by atoms with Gasteiger partial charge in [-0.25, -0.2) is 9.78 Å². The summed E-state index contributed by atoms with van der Waals surface area (Å²) < 4.78 is 15.8. The molecular formula is C23H21N3O6. The van der Waals surface area contributed by atoms with Gasteiger partial charge in [0.05, 0.1) is 18.9 Å². The van der Waals surface area contributed by atoms with Gasteiger partial charge in [0, 0.05) is 30.6 Å². The van der Waals surface area contributed by atoms with Gasteiger partial charge in [0.2, 0.25) is 5.91 Å². The topological polar surface area (TPSA) is 111 Å². The lowest BCUT2D eigenvalue weighted by atomic mass is 10.1. The average molecular weight is 435 g/mol. The van der Waals surface area contributed by atoms with Crippen molar-refractivity contribution < 1.29 is 28.3 Å². The number of oxazole rings is 1. The van der Waals surface area contributed by atoms with E-state index in [9.17, 15) is 14.4 Å². The van der Waals surface area contributed by atoms with Crippen molar-refractivity contribution in [1.29, 1.82) is 0 Å². The van der Waals surface area contributed by atoms with Crippen LogP contribution in [0.2, 0.25) is 0 Å². The Bertz CT molecular complexity index is 1130. The number of methoxy groups -OCH3 is 1. The third kappa shape index (κ3) is 4.77. The first-order valence-corrected chi connectivity index (χ1v) is 10.0. The average Bonchev–Trinajstić information content (AvgIpc) is 3.46. The first-order valence-electron chi connectivity index (χ1n) is 10.0. The monoisotopic (exact) mass is 435 g/mol. The lowest BCUT2D eigenvalue weighted by Gasteiger charge is -2.19. The first kappa shape index (κ1) is 21.1. The third-order valence-electron chi connectivity index (χ3n) is 5.02. The Hall–Kier alpha value is -4.14. The van der Waals surface area contributed by atoms with E-state index in [0.29, 0.717) is 42.1 Å². The summed E-state index contributed by atoms with van der Waals surface area (Å²) in [5.41, 5.74) is 1.48. The fourth-order valence-corrected chi connectivity index (χ4v) is 3.36. The predicted octanol–water partition coefficient (Wildman–Crippen LogP) is 3.63. The van der Waals surface area contributed by atoms with Crippen molar-refractivity contribution in [3.05, 3.63) is 71.6 Å². The molecule has 1 saturated heterocycles. The Morgan fingerprint density at radius 2 is 1.94 bits per heavy atom. The number of esters is 1. The van der Waals surface area contributed by atoms with E-state index in [1.165, 1.54) is 19.6 Å². The number of anilines is 1. The Morgan fingerprint density at radius 3 is 2.59 bits per heavy atom. The van der Waals surface area contributed by atoms with Gasteiger partial charge < -0.3 is 18.8 Å². The minimum absolute atomic E-state index is 0.0857. The summed E-state index contributed by atoms with van der Waals surface area (Å²) in [5.74, 6) is 0.119. The molecule has 1 aliphatic heterocycles. The molecule has 1 aliphatic rings. The van der Waals surface area contributed by atoms with Crippen molar-refractivity contribution in [2.75, 3.05) is 19.0 Å². The number of rotatable bonds is 7. The molecule has 32 heavy (non-hydrogen) atoms. The lowest BCUT2D eigenvalue weighted by molar-refractivity contribution is -0.128. The van der Waals surface area contributed by atoms with Gasteiger partial charge in [0.15, 0.2) is 0 Å². The zero-order valence-corrected chi connectivity index (χ0v) is 17.4. The van der Waals surface area contributed by atoms with Crippen molar-refractivity contribution in [3.8, 4) is 11.5 Å². The maximum absolute atomic E-state index is 12.6. The molecule has 2 amide bonds. The number of hydrogen-bond acceptors (Lipinski definition) is 7. The molecule has 9 nitrogen and oxygen atoms in total. The summed E-state index contributed by atoms with van der Waals surface area (Å²) >= 11 is 0. The molecule has 2 aromatic carbocycles. The number of likely N-dealkylation sites (tertiary alicyclic amines) is 1. The lowest BCUT2D eigenvalue weighted by Crippen LogP contribution is -2.24. The fraction of sp³-hybridized carbons (Fsp3) is 0.217. The molecule has 0 bridgehead atoms.